The van der Waals surface area contributed by atoms with Gasteiger partial charge in [0.1, 0.15) is 5.82 Å². The molecule has 0 aliphatic carbocycles. The Bertz CT molecular complexity index is 445. The van der Waals surface area contributed by atoms with E-state index in [1.807, 2.05) is 19.1 Å². The first kappa shape index (κ1) is 14.7. The highest BCUT2D eigenvalue weighted by atomic mass is 16.5. The van der Waals surface area contributed by atoms with Crippen LogP contribution in [0.5, 0.6) is 0 Å². The zero-order valence-electron chi connectivity index (χ0n) is 11.8. The Balaban J connectivity index is 1.87. The largest absolute Gasteiger partial charge is 0.466 e. The maximum Gasteiger partial charge on any atom is 0.309 e. The molecule has 0 unspecified atom stereocenters. The summed E-state index contributed by atoms with van der Waals surface area (Å²) in [5.41, 5.74) is 3.69. The van der Waals surface area contributed by atoms with Crippen LogP contribution in [-0.4, -0.2) is 35.5 Å². The number of hydrogen-bond acceptors (Lipinski definition) is 6. The van der Waals surface area contributed by atoms with Crippen molar-refractivity contribution in [1.82, 2.24) is 9.88 Å². The fraction of sp³-hybridized carbons (Fsp3) is 0.571. The van der Waals surface area contributed by atoms with E-state index in [2.05, 4.69) is 15.3 Å². The lowest BCUT2D eigenvalue weighted by molar-refractivity contribution is -0.149. The minimum absolute atomic E-state index is 0.0483. The van der Waals surface area contributed by atoms with Gasteiger partial charge in [0.05, 0.1) is 12.5 Å². The Hall–Kier alpha value is -1.66. The fourth-order valence-corrected chi connectivity index (χ4v) is 2.52. The summed E-state index contributed by atoms with van der Waals surface area (Å²) in [5, 5.41) is 0. The van der Waals surface area contributed by atoms with Crippen LogP contribution in [0.2, 0.25) is 0 Å². The molecule has 0 aromatic carbocycles. The normalized spacial score (nSPS) is 16.9. The minimum Gasteiger partial charge on any atom is -0.466 e. The second kappa shape index (κ2) is 7.21. The Labute approximate surface area is 119 Å². The summed E-state index contributed by atoms with van der Waals surface area (Å²) in [6.45, 7) is 4.88. The smallest absolute Gasteiger partial charge is 0.309 e. The molecule has 1 fully saturated rings. The van der Waals surface area contributed by atoms with Crippen LogP contribution in [0.4, 0.5) is 5.82 Å². The van der Waals surface area contributed by atoms with Crippen molar-refractivity contribution in [3.05, 3.63) is 23.9 Å². The number of nitrogens with two attached hydrogens (primary N) is 1. The molecule has 1 aliphatic rings. The third-order valence-electron chi connectivity index (χ3n) is 3.63. The average molecular weight is 278 g/mol. The van der Waals surface area contributed by atoms with E-state index in [1.54, 1.807) is 6.20 Å². The molecule has 1 aliphatic heterocycles. The summed E-state index contributed by atoms with van der Waals surface area (Å²) in [6.07, 6.45) is 3.42. The maximum absolute atomic E-state index is 11.7. The lowest BCUT2D eigenvalue weighted by Gasteiger charge is -2.31. The molecular weight excluding hydrogens is 256 g/mol. The molecule has 0 radical (unpaired) electrons. The number of piperidine rings is 1. The van der Waals surface area contributed by atoms with Gasteiger partial charge in [0, 0.05) is 18.3 Å². The van der Waals surface area contributed by atoms with Crippen molar-refractivity contribution in [3.8, 4) is 0 Å². The molecule has 1 saturated heterocycles. The van der Waals surface area contributed by atoms with E-state index in [0.717, 1.165) is 38.0 Å². The Morgan fingerprint density at radius 3 is 2.95 bits per heavy atom. The number of aromatic nitrogens is 1. The molecule has 0 spiro atoms. The molecule has 110 valence electrons. The summed E-state index contributed by atoms with van der Waals surface area (Å²) >= 11 is 0. The molecule has 6 heteroatoms. The summed E-state index contributed by atoms with van der Waals surface area (Å²) in [7, 11) is 0. The van der Waals surface area contributed by atoms with Crippen LogP contribution >= 0.6 is 0 Å². The topological polar surface area (TPSA) is 80.5 Å². The number of nitrogens with one attached hydrogen (secondary N) is 1. The number of ether oxygens (including phenoxy) is 1. The monoisotopic (exact) mass is 278 g/mol. The summed E-state index contributed by atoms with van der Waals surface area (Å²) in [5.74, 6) is 6.16. The minimum atomic E-state index is -0.0576. The van der Waals surface area contributed by atoms with E-state index in [9.17, 15) is 4.79 Å². The van der Waals surface area contributed by atoms with Gasteiger partial charge in [-0.05, 0) is 38.9 Å². The molecule has 0 amide bonds. The number of esters is 1. The molecule has 3 N–H and O–H groups in total. The Morgan fingerprint density at radius 2 is 2.30 bits per heavy atom. The third kappa shape index (κ3) is 3.68. The van der Waals surface area contributed by atoms with Crippen molar-refractivity contribution in [2.45, 2.75) is 26.3 Å². The first-order valence-electron chi connectivity index (χ1n) is 7.04. The molecule has 1 aromatic rings. The molecule has 2 rings (SSSR count). The number of pyridine rings is 1. The van der Waals surface area contributed by atoms with Crippen LogP contribution in [0.25, 0.3) is 0 Å². The van der Waals surface area contributed by atoms with Crippen LogP contribution in [0.15, 0.2) is 18.3 Å². The van der Waals surface area contributed by atoms with Gasteiger partial charge in [0.25, 0.3) is 0 Å². The molecular formula is C14H22N4O2. The zero-order valence-corrected chi connectivity index (χ0v) is 11.8. The molecule has 0 bridgehead atoms. The number of rotatable bonds is 5. The van der Waals surface area contributed by atoms with E-state index in [1.165, 1.54) is 0 Å². The molecule has 0 atom stereocenters. The van der Waals surface area contributed by atoms with E-state index in [0.29, 0.717) is 12.4 Å². The van der Waals surface area contributed by atoms with E-state index >= 15 is 0 Å². The second-order valence-electron chi connectivity index (χ2n) is 4.96. The van der Waals surface area contributed by atoms with Gasteiger partial charge in [-0.2, -0.15) is 0 Å². The van der Waals surface area contributed by atoms with Crippen LogP contribution in [0.3, 0.4) is 0 Å². The van der Waals surface area contributed by atoms with E-state index in [4.69, 9.17) is 10.6 Å². The van der Waals surface area contributed by atoms with Gasteiger partial charge in [-0.15, -0.1) is 0 Å². The lowest BCUT2D eigenvalue weighted by Crippen LogP contribution is -2.36. The van der Waals surface area contributed by atoms with Crippen LogP contribution in [-0.2, 0) is 16.1 Å². The van der Waals surface area contributed by atoms with Gasteiger partial charge in [0.2, 0.25) is 0 Å². The quantitative estimate of drug-likeness (QED) is 0.477. The van der Waals surface area contributed by atoms with Crippen LogP contribution in [0.1, 0.15) is 25.3 Å². The fourth-order valence-electron chi connectivity index (χ4n) is 2.52. The predicted octanol–water partition coefficient (Wildman–Crippen LogP) is 1.14. The highest BCUT2D eigenvalue weighted by Crippen LogP contribution is 2.21. The SMILES string of the molecule is CCOC(=O)C1CCN(Cc2cccnc2NN)CC1. The number of hydrogen-bond donors (Lipinski definition) is 2. The van der Waals surface area contributed by atoms with E-state index < -0.39 is 0 Å². The van der Waals surface area contributed by atoms with Gasteiger partial charge in [-0.3, -0.25) is 9.69 Å². The highest BCUT2D eigenvalue weighted by Gasteiger charge is 2.26. The number of nitrogens with zero attached hydrogens (tertiary/aromatic N) is 2. The lowest BCUT2D eigenvalue weighted by atomic mass is 9.96. The number of nitrogen functional groups attached to an aromatic ring is 1. The maximum atomic E-state index is 11.7. The Kier molecular flexibility index (Phi) is 5.31. The summed E-state index contributed by atoms with van der Waals surface area (Å²) in [4.78, 5) is 18.2. The highest BCUT2D eigenvalue weighted by molar-refractivity contribution is 5.72. The van der Waals surface area contributed by atoms with Crippen molar-refractivity contribution in [2.24, 2.45) is 11.8 Å². The average Bonchev–Trinajstić information content (AvgIpc) is 2.49. The number of anilines is 1. The molecule has 2 heterocycles. The predicted molar refractivity (Wildman–Crippen MR) is 76.7 cm³/mol. The van der Waals surface area contributed by atoms with Crippen LogP contribution < -0.4 is 11.3 Å². The van der Waals surface area contributed by atoms with Gasteiger partial charge in [-0.1, -0.05) is 6.07 Å². The van der Waals surface area contributed by atoms with Gasteiger partial charge < -0.3 is 10.2 Å². The summed E-state index contributed by atoms with van der Waals surface area (Å²) < 4.78 is 5.08. The standard InChI is InChI=1S/C14H22N4O2/c1-2-20-14(19)11-5-8-18(9-6-11)10-12-4-3-7-16-13(12)17-15/h3-4,7,11H,2,5-6,8-10,15H2,1H3,(H,16,17). The van der Waals surface area contributed by atoms with E-state index in [-0.39, 0.29) is 11.9 Å². The van der Waals surface area contributed by atoms with Crippen LogP contribution in [0, 0.1) is 5.92 Å². The number of likely N-dealkylation sites (tertiary alicyclic amines) is 1. The van der Waals surface area contributed by atoms with Crippen molar-refractivity contribution in [3.63, 3.8) is 0 Å². The third-order valence-corrected chi connectivity index (χ3v) is 3.63. The summed E-state index contributed by atoms with van der Waals surface area (Å²) in [6, 6.07) is 3.92. The zero-order chi connectivity index (χ0) is 14.4. The Morgan fingerprint density at radius 1 is 1.55 bits per heavy atom. The van der Waals surface area contributed by atoms with Gasteiger partial charge in [0.15, 0.2) is 0 Å². The molecule has 6 nitrogen and oxygen atoms in total. The molecule has 0 saturated carbocycles. The van der Waals surface area contributed by atoms with Crippen molar-refractivity contribution in [2.75, 3.05) is 25.1 Å². The molecule has 20 heavy (non-hydrogen) atoms. The van der Waals surface area contributed by atoms with Gasteiger partial charge >= 0.3 is 5.97 Å². The van der Waals surface area contributed by atoms with Gasteiger partial charge in [-0.25, -0.2) is 10.8 Å². The number of carbonyl (C=O) groups excluding carboxylic acids is 1. The second-order valence-corrected chi connectivity index (χ2v) is 4.96. The number of hydrazine groups is 1. The first-order valence-corrected chi connectivity index (χ1v) is 7.04. The van der Waals surface area contributed by atoms with Crippen molar-refractivity contribution in [1.29, 1.82) is 0 Å². The first-order chi connectivity index (χ1) is 9.74. The van der Waals surface area contributed by atoms with Crippen molar-refractivity contribution >= 4 is 11.8 Å². The van der Waals surface area contributed by atoms with Crippen molar-refractivity contribution < 1.29 is 9.53 Å². The molecule has 1 aromatic heterocycles. The number of carbonyl (C=O) groups is 1.